The van der Waals surface area contributed by atoms with Gasteiger partial charge in [-0.3, -0.25) is 4.79 Å². The van der Waals surface area contributed by atoms with Gasteiger partial charge in [0, 0.05) is 10.7 Å². The third kappa shape index (κ3) is 4.99. The van der Waals surface area contributed by atoms with Crippen LogP contribution < -0.4 is 15.4 Å². The smallest absolute Gasteiger partial charge is 0.243 e. The molecule has 0 radical (unpaired) electrons. The molecular formula is C20H17ClN2O2. The summed E-state index contributed by atoms with van der Waals surface area (Å²) in [5.74, 6) is 1.14. The lowest BCUT2D eigenvalue weighted by Crippen LogP contribution is -2.21. The van der Waals surface area contributed by atoms with Crippen molar-refractivity contribution >= 4 is 28.9 Å². The predicted molar refractivity (Wildman–Crippen MR) is 102 cm³/mol. The highest BCUT2D eigenvalue weighted by atomic mass is 35.5. The van der Waals surface area contributed by atoms with Crippen molar-refractivity contribution in [1.82, 2.24) is 0 Å². The van der Waals surface area contributed by atoms with Crippen LogP contribution in [-0.2, 0) is 4.79 Å². The lowest BCUT2D eigenvalue weighted by atomic mass is 10.2. The molecule has 25 heavy (non-hydrogen) atoms. The molecule has 0 saturated heterocycles. The zero-order valence-corrected chi connectivity index (χ0v) is 14.2. The second-order valence-corrected chi connectivity index (χ2v) is 5.76. The molecule has 0 saturated carbocycles. The Morgan fingerprint density at radius 3 is 2.32 bits per heavy atom. The summed E-state index contributed by atoms with van der Waals surface area (Å²) in [6, 6.07) is 23.9. The van der Waals surface area contributed by atoms with E-state index in [0.29, 0.717) is 22.2 Å². The zero-order chi connectivity index (χ0) is 17.5. The molecule has 0 bridgehead atoms. The van der Waals surface area contributed by atoms with Crippen LogP contribution in [0.15, 0.2) is 78.9 Å². The lowest BCUT2D eigenvalue weighted by molar-refractivity contribution is -0.114. The second kappa shape index (κ2) is 8.22. The van der Waals surface area contributed by atoms with Gasteiger partial charge in [0.2, 0.25) is 5.91 Å². The molecule has 3 aromatic rings. The Morgan fingerprint density at radius 1 is 0.880 bits per heavy atom. The fourth-order valence-electron chi connectivity index (χ4n) is 2.22. The van der Waals surface area contributed by atoms with E-state index in [1.54, 1.807) is 18.2 Å². The first-order valence-corrected chi connectivity index (χ1v) is 8.20. The standard InChI is InChI=1S/C20H17ClN2O2/c21-15-10-12-16(13-11-15)22-14-20(24)23-18-8-4-5-9-19(18)25-17-6-2-1-3-7-17/h1-13,22H,14H2,(H,23,24). The summed E-state index contributed by atoms with van der Waals surface area (Å²) in [5, 5.41) is 6.56. The van der Waals surface area contributed by atoms with Gasteiger partial charge in [-0.25, -0.2) is 0 Å². The van der Waals surface area contributed by atoms with E-state index in [2.05, 4.69) is 10.6 Å². The van der Waals surface area contributed by atoms with Gasteiger partial charge in [0.05, 0.1) is 12.2 Å². The Balaban J connectivity index is 1.62. The van der Waals surface area contributed by atoms with Gasteiger partial charge in [0.1, 0.15) is 5.75 Å². The van der Waals surface area contributed by atoms with Crippen molar-refractivity contribution < 1.29 is 9.53 Å². The van der Waals surface area contributed by atoms with Crippen LogP contribution in [0, 0.1) is 0 Å². The molecule has 3 rings (SSSR count). The Hall–Kier alpha value is -2.98. The quantitative estimate of drug-likeness (QED) is 0.642. The number of hydrogen-bond acceptors (Lipinski definition) is 3. The second-order valence-electron chi connectivity index (χ2n) is 5.32. The van der Waals surface area contributed by atoms with Gasteiger partial charge in [0.15, 0.2) is 5.75 Å². The van der Waals surface area contributed by atoms with Crippen LogP contribution in [0.3, 0.4) is 0 Å². The maximum atomic E-state index is 12.2. The summed E-state index contributed by atoms with van der Waals surface area (Å²) in [5.41, 5.74) is 1.45. The molecule has 3 aromatic carbocycles. The Kier molecular flexibility index (Phi) is 5.54. The predicted octanol–water partition coefficient (Wildman–Crippen LogP) is 5.18. The number of amides is 1. The summed E-state index contributed by atoms with van der Waals surface area (Å²) in [4.78, 5) is 12.2. The fraction of sp³-hybridized carbons (Fsp3) is 0.0500. The van der Waals surface area contributed by atoms with Crippen molar-refractivity contribution in [2.45, 2.75) is 0 Å². The summed E-state index contributed by atoms with van der Waals surface area (Å²) in [6.45, 7) is 0.140. The highest BCUT2D eigenvalue weighted by Crippen LogP contribution is 2.29. The normalized spacial score (nSPS) is 10.1. The molecule has 0 atom stereocenters. The number of carbonyl (C=O) groups is 1. The highest BCUT2D eigenvalue weighted by Gasteiger charge is 2.08. The fourth-order valence-corrected chi connectivity index (χ4v) is 2.34. The minimum absolute atomic E-state index is 0.140. The number of para-hydroxylation sites is 3. The van der Waals surface area contributed by atoms with Crippen molar-refractivity contribution in [1.29, 1.82) is 0 Å². The minimum atomic E-state index is -0.168. The summed E-state index contributed by atoms with van der Waals surface area (Å²) < 4.78 is 5.84. The average Bonchev–Trinajstić information content (AvgIpc) is 2.64. The van der Waals surface area contributed by atoms with Gasteiger partial charge in [-0.15, -0.1) is 0 Å². The number of anilines is 2. The van der Waals surface area contributed by atoms with E-state index in [1.165, 1.54) is 0 Å². The first kappa shape index (κ1) is 16.9. The van der Waals surface area contributed by atoms with Crippen LogP contribution in [0.25, 0.3) is 0 Å². The van der Waals surface area contributed by atoms with E-state index in [1.807, 2.05) is 60.7 Å². The molecule has 0 aromatic heterocycles. The average molecular weight is 353 g/mol. The topological polar surface area (TPSA) is 50.4 Å². The third-order valence-electron chi connectivity index (χ3n) is 3.43. The maximum absolute atomic E-state index is 12.2. The number of hydrogen-bond donors (Lipinski definition) is 2. The molecule has 0 unspecified atom stereocenters. The summed E-state index contributed by atoms with van der Waals surface area (Å²) >= 11 is 5.84. The van der Waals surface area contributed by atoms with Crippen LogP contribution in [0.4, 0.5) is 11.4 Å². The highest BCUT2D eigenvalue weighted by molar-refractivity contribution is 6.30. The number of nitrogens with one attached hydrogen (secondary N) is 2. The Morgan fingerprint density at radius 2 is 1.56 bits per heavy atom. The van der Waals surface area contributed by atoms with Crippen LogP contribution in [0.1, 0.15) is 0 Å². The van der Waals surface area contributed by atoms with Crippen LogP contribution in [0.5, 0.6) is 11.5 Å². The molecule has 126 valence electrons. The van der Waals surface area contributed by atoms with Crippen LogP contribution >= 0.6 is 11.6 Å². The molecule has 0 spiro atoms. The zero-order valence-electron chi connectivity index (χ0n) is 13.4. The minimum Gasteiger partial charge on any atom is -0.455 e. The van der Waals surface area contributed by atoms with Crippen molar-refractivity contribution in [3.63, 3.8) is 0 Å². The first-order valence-electron chi connectivity index (χ1n) is 7.82. The molecular weight excluding hydrogens is 336 g/mol. The van der Waals surface area contributed by atoms with E-state index in [4.69, 9.17) is 16.3 Å². The monoisotopic (exact) mass is 352 g/mol. The van der Waals surface area contributed by atoms with E-state index < -0.39 is 0 Å². The van der Waals surface area contributed by atoms with Crippen LogP contribution in [0.2, 0.25) is 5.02 Å². The van der Waals surface area contributed by atoms with Crippen molar-refractivity contribution in [2.24, 2.45) is 0 Å². The van der Waals surface area contributed by atoms with Gasteiger partial charge in [0.25, 0.3) is 0 Å². The summed E-state index contributed by atoms with van der Waals surface area (Å²) in [6.07, 6.45) is 0. The maximum Gasteiger partial charge on any atom is 0.243 e. The summed E-state index contributed by atoms with van der Waals surface area (Å²) in [7, 11) is 0. The molecule has 2 N–H and O–H groups in total. The van der Waals surface area contributed by atoms with E-state index in [0.717, 1.165) is 5.69 Å². The Bertz CT molecular complexity index is 836. The number of carbonyl (C=O) groups excluding carboxylic acids is 1. The van der Waals surface area contributed by atoms with Gasteiger partial charge in [-0.1, -0.05) is 41.9 Å². The molecule has 0 aliphatic rings. The third-order valence-corrected chi connectivity index (χ3v) is 3.68. The van der Waals surface area contributed by atoms with Crippen molar-refractivity contribution in [3.8, 4) is 11.5 Å². The van der Waals surface area contributed by atoms with E-state index in [9.17, 15) is 4.79 Å². The first-order chi connectivity index (χ1) is 12.2. The molecule has 1 amide bonds. The Labute approximate surface area is 151 Å². The molecule has 5 heteroatoms. The van der Waals surface area contributed by atoms with Crippen LogP contribution in [-0.4, -0.2) is 12.5 Å². The molecule has 4 nitrogen and oxygen atoms in total. The van der Waals surface area contributed by atoms with Gasteiger partial charge >= 0.3 is 0 Å². The number of rotatable bonds is 6. The van der Waals surface area contributed by atoms with Gasteiger partial charge < -0.3 is 15.4 Å². The molecule has 0 aliphatic carbocycles. The number of ether oxygens (including phenoxy) is 1. The number of benzene rings is 3. The van der Waals surface area contributed by atoms with E-state index >= 15 is 0 Å². The van der Waals surface area contributed by atoms with Gasteiger partial charge in [-0.05, 0) is 48.5 Å². The van der Waals surface area contributed by atoms with Gasteiger partial charge in [-0.2, -0.15) is 0 Å². The van der Waals surface area contributed by atoms with Crippen molar-refractivity contribution in [2.75, 3.05) is 17.2 Å². The van der Waals surface area contributed by atoms with Crippen molar-refractivity contribution in [3.05, 3.63) is 83.9 Å². The lowest BCUT2D eigenvalue weighted by Gasteiger charge is -2.13. The SMILES string of the molecule is O=C(CNc1ccc(Cl)cc1)Nc1ccccc1Oc1ccccc1. The largest absolute Gasteiger partial charge is 0.455 e. The number of halogens is 1. The molecule has 0 aliphatic heterocycles. The molecule has 0 fully saturated rings. The van der Waals surface area contributed by atoms with E-state index in [-0.39, 0.29) is 12.5 Å². The molecule has 0 heterocycles.